The van der Waals surface area contributed by atoms with Crippen LogP contribution in [0, 0.1) is 0 Å². The quantitative estimate of drug-likeness (QED) is 0.741. The zero-order chi connectivity index (χ0) is 11.9. The minimum Gasteiger partial charge on any atom is -0.472 e. The minimum atomic E-state index is 0.714. The molecule has 0 fully saturated rings. The van der Waals surface area contributed by atoms with Gasteiger partial charge in [0.05, 0.1) is 24.6 Å². The third-order valence-corrected chi connectivity index (χ3v) is 2.36. The van der Waals surface area contributed by atoms with Crippen LogP contribution in [0.3, 0.4) is 0 Å². The van der Waals surface area contributed by atoms with E-state index in [1.807, 2.05) is 6.07 Å². The molecule has 0 aromatic carbocycles. The number of aromatic nitrogens is 1. The summed E-state index contributed by atoms with van der Waals surface area (Å²) in [6, 6.07) is 1.85. The minimum absolute atomic E-state index is 0.714. The molecular weight excluding hydrogens is 220 g/mol. The van der Waals surface area contributed by atoms with Gasteiger partial charge in [-0.2, -0.15) is 0 Å². The summed E-state index contributed by atoms with van der Waals surface area (Å²) in [5.41, 5.74) is 0.913. The Morgan fingerprint density at radius 2 is 2.35 bits per heavy atom. The maximum absolute atomic E-state index is 5.59. The van der Waals surface area contributed by atoms with Crippen molar-refractivity contribution in [2.75, 3.05) is 26.8 Å². The second-order valence-electron chi connectivity index (χ2n) is 3.62. The second-order valence-corrected chi connectivity index (χ2v) is 3.62. The summed E-state index contributed by atoms with van der Waals surface area (Å²) in [5.74, 6) is 1.47. The normalized spacial score (nSPS) is 10.9. The van der Waals surface area contributed by atoms with Crippen molar-refractivity contribution in [2.45, 2.75) is 6.42 Å². The van der Waals surface area contributed by atoms with Crippen LogP contribution in [0.5, 0.6) is 0 Å². The van der Waals surface area contributed by atoms with Crippen molar-refractivity contribution < 1.29 is 13.6 Å². The van der Waals surface area contributed by atoms with Gasteiger partial charge in [0.1, 0.15) is 6.26 Å². The molecule has 17 heavy (non-hydrogen) atoms. The molecule has 0 atom stereocenters. The van der Waals surface area contributed by atoms with E-state index in [0.29, 0.717) is 6.61 Å². The van der Waals surface area contributed by atoms with E-state index in [4.69, 9.17) is 13.6 Å². The van der Waals surface area contributed by atoms with Crippen LogP contribution in [0.4, 0.5) is 0 Å². The molecule has 2 aromatic rings. The molecule has 0 spiro atoms. The number of ether oxygens (including phenoxy) is 1. The number of hydrogen-bond acceptors (Lipinski definition) is 5. The molecule has 0 aliphatic carbocycles. The zero-order valence-electron chi connectivity index (χ0n) is 9.81. The predicted molar refractivity (Wildman–Crippen MR) is 62.7 cm³/mol. The Morgan fingerprint density at radius 1 is 1.41 bits per heavy atom. The van der Waals surface area contributed by atoms with Crippen LogP contribution < -0.4 is 5.32 Å². The molecule has 0 bridgehead atoms. The Bertz CT molecular complexity index is 423. The van der Waals surface area contributed by atoms with E-state index in [1.165, 1.54) is 0 Å². The van der Waals surface area contributed by atoms with E-state index in [-0.39, 0.29) is 0 Å². The van der Waals surface area contributed by atoms with Crippen LogP contribution in [0.2, 0.25) is 0 Å². The third-order valence-electron chi connectivity index (χ3n) is 2.36. The molecule has 2 heterocycles. The van der Waals surface area contributed by atoms with E-state index in [9.17, 15) is 0 Å². The highest BCUT2D eigenvalue weighted by Crippen LogP contribution is 2.20. The lowest BCUT2D eigenvalue weighted by molar-refractivity contribution is 0.199. The van der Waals surface area contributed by atoms with Crippen LogP contribution >= 0.6 is 0 Å². The summed E-state index contributed by atoms with van der Waals surface area (Å²) in [6.07, 6.45) is 5.74. The monoisotopic (exact) mass is 236 g/mol. The molecule has 0 aliphatic rings. The number of hydrogen-bond donors (Lipinski definition) is 1. The molecule has 0 saturated carbocycles. The summed E-state index contributed by atoms with van der Waals surface area (Å²) in [7, 11) is 1.69. The smallest absolute Gasteiger partial charge is 0.196 e. The fraction of sp³-hybridized carbons (Fsp3) is 0.417. The van der Waals surface area contributed by atoms with E-state index < -0.39 is 0 Å². The van der Waals surface area contributed by atoms with E-state index >= 15 is 0 Å². The molecule has 2 rings (SSSR count). The molecule has 1 N–H and O–H groups in total. The molecule has 0 radical (unpaired) electrons. The molecule has 5 nitrogen and oxygen atoms in total. The molecule has 0 aliphatic heterocycles. The SMILES string of the molecule is COCCNCCc1ncc(-c2ccoc2)o1. The lowest BCUT2D eigenvalue weighted by Crippen LogP contribution is -2.21. The van der Waals surface area contributed by atoms with E-state index in [0.717, 1.165) is 36.7 Å². The Morgan fingerprint density at radius 3 is 3.12 bits per heavy atom. The van der Waals surface area contributed by atoms with Gasteiger partial charge in [0.15, 0.2) is 11.7 Å². The van der Waals surface area contributed by atoms with E-state index in [2.05, 4.69) is 10.3 Å². The summed E-state index contributed by atoms with van der Waals surface area (Å²) in [5, 5.41) is 3.24. The third kappa shape index (κ3) is 3.44. The second kappa shape index (κ2) is 6.22. The van der Waals surface area contributed by atoms with Gasteiger partial charge in [0.2, 0.25) is 0 Å². The molecule has 0 amide bonds. The number of nitrogens with one attached hydrogen (secondary N) is 1. The molecular formula is C12H16N2O3. The van der Waals surface area contributed by atoms with Crippen LogP contribution in [0.25, 0.3) is 11.3 Å². The fourth-order valence-electron chi connectivity index (χ4n) is 1.46. The Labute approximate surface area is 99.8 Å². The summed E-state index contributed by atoms with van der Waals surface area (Å²) < 4.78 is 15.5. The first-order valence-corrected chi connectivity index (χ1v) is 5.57. The lowest BCUT2D eigenvalue weighted by atomic mass is 10.3. The van der Waals surface area contributed by atoms with Crippen molar-refractivity contribution in [3.05, 3.63) is 30.7 Å². The van der Waals surface area contributed by atoms with Gasteiger partial charge >= 0.3 is 0 Å². The lowest BCUT2D eigenvalue weighted by Gasteiger charge is -2.00. The maximum Gasteiger partial charge on any atom is 0.196 e. The van der Waals surface area contributed by atoms with Crippen molar-refractivity contribution in [1.29, 1.82) is 0 Å². The first-order chi connectivity index (χ1) is 8.40. The maximum atomic E-state index is 5.59. The topological polar surface area (TPSA) is 60.4 Å². The molecule has 0 saturated heterocycles. The van der Waals surface area contributed by atoms with Gasteiger partial charge < -0.3 is 18.9 Å². The highest BCUT2D eigenvalue weighted by Gasteiger charge is 2.06. The van der Waals surface area contributed by atoms with Gasteiger partial charge in [-0.15, -0.1) is 0 Å². The van der Waals surface area contributed by atoms with Crippen LogP contribution in [-0.2, 0) is 11.2 Å². The first-order valence-electron chi connectivity index (χ1n) is 5.57. The van der Waals surface area contributed by atoms with E-state index in [1.54, 1.807) is 25.8 Å². The molecule has 2 aromatic heterocycles. The number of rotatable bonds is 7. The number of oxazole rings is 1. The Hall–Kier alpha value is -1.59. The van der Waals surface area contributed by atoms with Crippen LogP contribution in [-0.4, -0.2) is 31.8 Å². The van der Waals surface area contributed by atoms with Gasteiger partial charge in [-0.25, -0.2) is 4.98 Å². The average molecular weight is 236 g/mol. The van der Waals surface area contributed by atoms with Crippen molar-refractivity contribution >= 4 is 0 Å². The summed E-state index contributed by atoms with van der Waals surface area (Å²) in [6.45, 7) is 2.38. The molecule has 5 heteroatoms. The highest BCUT2D eigenvalue weighted by molar-refractivity contribution is 5.53. The summed E-state index contributed by atoms with van der Waals surface area (Å²) in [4.78, 5) is 4.21. The first kappa shape index (κ1) is 11.9. The number of nitrogens with zero attached hydrogens (tertiary/aromatic N) is 1. The molecule has 92 valence electrons. The van der Waals surface area contributed by atoms with Gasteiger partial charge in [0, 0.05) is 26.6 Å². The van der Waals surface area contributed by atoms with Crippen molar-refractivity contribution in [3.8, 4) is 11.3 Å². The van der Waals surface area contributed by atoms with Crippen molar-refractivity contribution in [1.82, 2.24) is 10.3 Å². The fourth-order valence-corrected chi connectivity index (χ4v) is 1.46. The van der Waals surface area contributed by atoms with Gasteiger partial charge in [0.25, 0.3) is 0 Å². The Kier molecular flexibility index (Phi) is 4.35. The predicted octanol–water partition coefficient (Wildman–Crippen LogP) is 1.71. The zero-order valence-corrected chi connectivity index (χ0v) is 9.81. The summed E-state index contributed by atoms with van der Waals surface area (Å²) >= 11 is 0. The number of methoxy groups -OCH3 is 1. The van der Waals surface area contributed by atoms with Gasteiger partial charge in [-0.1, -0.05) is 0 Å². The van der Waals surface area contributed by atoms with Crippen molar-refractivity contribution in [3.63, 3.8) is 0 Å². The number of furan rings is 1. The standard InChI is InChI=1S/C12H16N2O3/c1-15-7-5-13-4-2-12-14-8-11(17-12)10-3-6-16-9-10/h3,6,8-9,13H,2,4-5,7H2,1H3. The van der Waals surface area contributed by atoms with Crippen molar-refractivity contribution in [2.24, 2.45) is 0 Å². The van der Waals surface area contributed by atoms with Crippen LogP contribution in [0.1, 0.15) is 5.89 Å². The molecule has 0 unspecified atom stereocenters. The largest absolute Gasteiger partial charge is 0.472 e. The van der Waals surface area contributed by atoms with Gasteiger partial charge in [-0.05, 0) is 6.07 Å². The Balaban J connectivity index is 1.79. The average Bonchev–Trinajstić information content (AvgIpc) is 2.99. The highest BCUT2D eigenvalue weighted by atomic mass is 16.5. The van der Waals surface area contributed by atoms with Crippen LogP contribution in [0.15, 0.2) is 33.6 Å². The van der Waals surface area contributed by atoms with Gasteiger partial charge in [-0.3, -0.25) is 0 Å².